The quantitative estimate of drug-likeness (QED) is 0.470. The minimum Gasteiger partial charge on any atom is -0.492 e. The molecule has 0 spiro atoms. The van der Waals surface area contributed by atoms with Gasteiger partial charge in [-0.3, -0.25) is 9.69 Å². The minimum atomic E-state index is -0.331. The molecule has 0 aliphatic carbocycles. The molecule has 28 heavy (non-hydrogen) atoms. The van der Waals surface area contributed by atoms with Gasteiger partial charge in [0.15, 0.2) is 5.13 Å². The molecule has 0 radical (unpaired) electrons. The molecule has 6 nitrogen and oxygen atoms in total. The first-order chi connectivity index (χ1) is 13.3. The fourth-order valence-corrected chi connectivity index (χ4v) is 4.77. The van der Waals surface area contributed by atoms with Crippen molar-refractivity contribution in [3.8, 4) is 11.5 Å². The molecule has 152 valence electrons. The molecule has 3 rings (SSSR count). The van der Waals surface area contributed by atoms with Crippen LogP contribution in [0.3, 0.4) is 0 Å². The van der Waals surface area contributed by atoms with Gasteiger partial charge in [-0.2, -0.15) is 0 Å². The van der Waals surface area contributed by atoms with Crippen molar-refractivity contribution in [1.82, 2.24) is 9.88 Å². The molecule has 1 aromatic heterocycles. The molecule has 0 bridgehead atoms. The summed E-state index contributed by atoms with van der Waals surface area (Å²) >= 11 is 5.17. The number of aromatic nitrogens is 1. The Kier molecular flexibility index (Phi) is 6.95. The van der Waals surface area contributed by atoms with Crippen LogP contribution >= 0.6 is 27.3 Å². The number of piperazine rings is 1. The van der Waals surface area contributed by atoms with E-state index in [1.165, 1.54) is 6.92 Å². The number of ether oxygens (including phenoxy) is 2. The molecule has 0 N–H and O–H groups in total. The molecule has 1 fully saturated rings. The molecular weight excluding hydrogens is 442 g/mol. The number of hydrogen-bond acceptors (Lipinski definition) is 7. The third-order valence-electron chi connectivity index (χ3n) is 4.87. The van der Waals surface area contributed by atoms with Crippen molar-refractivity contribution in [3.63, 3.8) is 0 Å². The minimum absolute atomic E-state index is 0.331. The lowest BCUT2D eigenvalue weighted by Gasteiger charge is -2.44. The first-order valence-corrected chi connectivity index (χ1v) is 11.0. The molecule has 2 heterocycles. The number of halogens is 1. The number of anilines is 1. The van der Waals surface area contributed by atoms with Gasteiger partial charge in [0.25, 0.3) is 0 Å². The summed E-state index contributed by atoms with van der Waals surface area (Å²) in [5.41, 5.74) is 1.02. The maximum absolute atomic E-state index is 11.2. The van der Waals surface area contributed by atoms with Crippen LogP contribution < -0.4 is 14.4 Å². The predicted molar refractivity (Wildman–Crippen MR) is 116 cm³/mol. The lowest BCUT2D eigenvalue weighted by atomic mass is 10.1. The maximum atomic E-state index is 11.2. The number of thiazole rings is 1. The maximum Gasteiger partial charge on any atom is 0.308 e. The molecule has 2 aromatic rings. The van der Waals surface area contributed by atoms with Gasteiger partial charge in [0.1, 0.15) is 18.1 Å². The van der Waals surface area contributed by atoms with Gasteiger partial charge in [-0.15, -0.1) is 0 Å². The van der Waals surface area contributed by atoms with Gasteiger partial charge in [0, 0.05) is 44.7 Å². The number of nitrogens with zero attached hydrogens (tertiary/aromatic N) is 3. The van der Waals surface area contributed by atoms with Crippen molar-refractivity contribution in [2.75, 3.05) is 31.1 Å². The molecule has 1 saturated heterocycles. The van der Waals surface area contributed by atoms with Gasteiger partial charge in [-0.05, 0) is 48.3 Å². The Balaban J connectivity index is 1.56. The lowest BCUT2D eigenvalue weighted by molar-refractivity contribution is -0.131. The smallest absolute Gasteiger partial charge is 0.308 e. The van der Waals surface area contributed by atoms with Crippen LogP contribution in [0.4, 0.5) is 5.13 Å². The summed E-state index contributed by atoms with van der Waals surface area (Å²) in [7, 11) is 0. The summed E-state index contributed by atoms with van der Waals surface area (Å²) in [6, 6.07) is 6.28. The molecule has 0 amide bonds. The Morgan fingerprint density at radius 3 is 2.64 bits per heavy atom. The molecule has 8 heteroatoms. The van der Waals surface area contributed by atoms with Crippen molar-refractivity contribution < 1.29 is 14.3 Å². The standard InChI is InChI=1S/C20H26BrN3O3S/c1-13-5-6-17(27-16(4)25)9-18(13)26-8-7-24-14(2)11-23(12-15(24)3)20-22-10-19(21)28-20/h5-6,9-10,14-15H,7-8,11-12H2,1-4H3. The van der Waals surface area contributed by atoms with Gasteiger partial charge in [0.05, 0.1) is 9.98 Å². The van der Waals surface area contributed by atoms with Crippen LogP contribution in [0.2, 0.25) is 0 Å². The summed E-state index contributed by atoms with van der Waals surface area (Å²) in [5.74, 6) is 0.936. The van der Waals surface area contributed by atoms with E-state index in [1.807, 2.05) is 19.2 Å². The van der Waals surface area contributed by atoms with Crippen LogP contribution in [0.5, 0.6) is 11.5 Å². The Bertz CT molecular complexity index is 817. The number of esters is 1. The van der Waals surface area contributed by atoms with Crippen molar-refractivity contribution in [3.05, 3.63) is 33.7 Å². The number of benzene rings is 1. The van der Waals surface area contributed by atoms with E-state index in [1.54, 1.807) is 23.5 Å². The number of hydrogen-bond donors (Lipinski definition) is 0. The molecule has 1 aliphatic rings. The van der Waals surface area contributed by atoms with E-state index in [-0.39, 0.29) is 5.97 Å². The van der Waals surface area contributed by atoms with Crippen LogP contribution in [0.15, 0.2) is 28.2 Å². The van der Waals surface area contributed by atoms with Crippen molar-refractivity contribution in [2.24, 2.45) is 0 Å². The van der Waals surface area contributed by atoms with Crippen molar-refractivity contribution in [1.29, 1.82) is 0 Å². The average Bonchev–Trinajstić information content (AvgIpc) is 3.05. The first-order valence-electron chi connectivity index (χ1n) is 9.37. The van der Waals surface area contributed by atoms with Crippen LogP contribution in [-0.2, 0) is 4.79 Å². The number of rotatable bonds is 6. The summed E-state index contributed by atoms with van der Waals surface area (Å²) < 4.78 is 12.2. The zero-order valence-corrected chi connectivity index (χ0v) is 19.0. The van der Waals surface area contributed by atoms with Crippen molar-refractivity contribution in [2.45, 2.75) is 39.8 Å². The van der Waals surface area contributed by atoms with E-state index in [2.05, 4.69) is 44.6 Å². The van der Waals surface area contributed by atoms with E-state index in [9.17, 15) is 4.79 Å². The van der Waals surface area contributed by atoms with Crippen LogP contribution in [0.1, 0.15) is 26.3 Å². The number of carbonyl (C=O) groups excluding carboxylic acids is 1. The molecule has 2 unspecified atom stereocenters. The molecular formula is C20H26BrN3O3S. The second-order valence-corrected chi connectivity index (χ2v) is 9.55. The van der Waals surface area contributed by atoms with Crippen LogP contribution in [-0.4, -0.2) is 54.2 Å². The third-order valence-corrected chi connectivity index (χ3v) is 6.40. The summed E-state index contributed by atoms with van der Waals surface area (Å²) in [6.45, 7) is 11.2. The van der Waals surface area contributed by atoms with Crippen LogP contribution in [0.25, 0.3) is 0 Å². The second-order valence-electron chi connectivity index (χ2n) is 7.16. The fraction of sp³-hybridized carbons (Fsp3) is 0.500. The summed E-state index contributed by atoms with van der Waals surface area (Å²) in [6.07, 6.45) is 1.86. The van der Waals surface area contributed by atoms with Crippen molar-refractivity contribution >= 4 is 38.4 Å². The van der Waals surface area contributed by atoms with E-state index < -0.39 is 0 Å². The first kappa shape index (κ1) is 21.1. The molecule has 1 aliphatic heterocycles. The van der Waals surface area contributed by atoms with Gasteiger partial charge in [0.2, 0.25) is 0 Å². The van der Waals surface area contributed by atoms with E-state index >= 15 is 0 Å². The van der Waals surface area contributed by atoms with Gasteiger partial charge >= 0.3 is 5.97 Å². The molecule has 0 saturated carbocycles. The van der Waals surface area contributed by atoms with Gasteiger partial charge in [-0.1, -0.05) is 17.4 Å². The Hall–Kier alpha value is -1.64. The van der Waals surface area contributed by atoms with E-state index in [0.29, 0.717) is 24.4 Å². The second kappa shape index (κ2) is 9.24. The third kappa shape index (κ3) is 5.24. The SMILES string of the molecule is CC(=O)Oc1ccc(C)c(OCCN2C(C)CN(c3ncc(Br)s3)CC2C)c1. The normalized spacial score (nSPS) is 20.2. The molecule has 2 atom stereocenters. The zero-order chi connectivity index (χ0) is 20.3. The topological polar surface area (TPSA) is 54.9 Å². The lowest BCUT2D eigenvalue weighted by Crippen LogP contribution is -2.57. The number of carbonyl (C=O) groups is 1. The highest BCUT2D eigenvalue weighted by atomic mass is 79.9. The van der Waals surface area contributed by atoms with Gasteiger partial charge in [-0.25, -0.2) is 4.98 Å². The number of aryl methyl sites for hydroxylation is 1. The monoisotopic (exact) mass is 467 g/mol. The largest absolute Gasteiger partial charge is 0.492 e. The fourth-order valence-electron chi connectivity index (χ4n) is 3.57. The summed E-state index contributed by atoms with van der Waals surface area (Å²) in [5, 5.41) is 1.07. The van der Waals surface area contributed by atoms with Crippen LogP contribution in [0, 0.1) is 6.92 Å². The highest BCUT2D eigenvalue weighted by Gasteiger charge is 2.30. The highest BCUT2D eigenvalue weighted by molar-refractivity contribution is 9.11. The van der Waals surface area contributed by atoms with E-state index in [0.717, 1.165) is 39.9 Å². The Labute approximate surface area is 178 Å². The molecule has 1 aromatic carbocycles. The predicted octanol–water partition coefficient (Wildman–Crippen LogP) is 4.12. The zero-order valence-electron chi connectivity index (χ0n) is 16.6. The highest BCUT2D eigenvalue weighted by Crippen LogP contribution is 2.30. The summed E-state index contributed by atoms with van der Waals surface area (Å²) in [4.78, 5) is 20.5. The van der Waals surface area contributed by atoms with Gasteiger partial charge < -0.3 is 14.4 Å². The Morgan fingerprint density at radius 2 is 2.04 bits per heavy atom. The average molecular weight is 468 g/mol. The Morgan fingerprint density at radius 1 is 1.32 bits per heavy atom. The van der Waals surface area contributed by atoms with E-state index in [4.69, 9.17) is 9.47 Å².